The number of rotatable bonds is 6. The average Bonchev–Trinajstić information content (AvgIpc) is 2.92. The molecule has 0 atom stereocenters. The zero-order valence-electron chi connectivity index (χ0n) is 12.4. The van der Waals surface area contributed by atoms with Crippen LogP contribution in [0.4, 0.5) is 0 Å². The van der Waals surface area contributed by atoms with E-state index in [0.29, 0.717) is 24.4 Å². The SMILES string of the molecule is CCC(CC)(Cn1nnnc1-c1ncccc1C)C(=O)O. The van der Waals surface area contributed by atoms with Crippen molar-refractivity contribution in [3.05, 3.63) is 23.9 Å². The molecule has 0 bridgehead atoms. The molecule has 0 radical (unpaired) electrons. The molecular weight excluding hydrogens is 270 g/mol. The minimum Gasteiger partial charge on any atom is -0.481 e. The number of carboxylic acids is 1. The summed E-state index contributed by atoms with van der Waals surface area (Å²) in [6.07, 6.45) is 2.70. The number of nitrogens with zero attached hydrogens (tertiary/aromatic N) is 5. The Kier molecular flexibility index (Phi) is 4.30. The molecule has 0 aliphatic heterocycles. The largest absolute Gasteiger partial charge is 0.481 e. The Labute approximate surface area is 123 Å². The van der Waals surface area contributed by atoms with Crippen LogP contribution in [0.1, 0.15) is 32.3 Å². The molecule has 0 saturated carbocycles. The second-order valence-electron chi connectivity index (χ2n) is 5.12. The third-order valence-corrected chi connectivity index (χ3v) is 4.01. The highest BCUT2D eigenvalue weighted by Gasteiger charge is 2.36. The van der Waals surface area contributed by atoms with E-state index in [9.17, 15) is 9.90 Å². The highest BCUT2D eigenvalue weighted by molar-refractivity contribution is 5.74. The Morgan fingerprint density at radius 3 is 2.67 bits per heavy atom. The van der Waals surface area contributed by atoms with Gasteiger partial charge in [0.15, 0.2) is 0 Å². The van der Waals surface area contributed by atoms with Crippen LogP contribution in [0.25, 0.3) is 11.5 Å². The van der Waals surface area contributed by atoms with E-state index in [1.54, 1.807) is 6.20 Å². The van der Waals surface area contributed by atoms with Crippen molar-refractivity contribution in [2.45, 2.75) is 40.2 Å². The van der Waals surface area contributed by atoms with E-state index in [1.165, 1.54) is 4.68 Å². The predicted octanol–water partition coefficient (Wildman–Crippen LogP) is 1.93. The summed E-state index contributed by atoms with van der Waals surface area (Å²) < 4.78 is 1.54. The van der Waals surface area contributed by atoms with Gasteiger partial charge in [-0.15, -0.1) is 5.10 Å². The lowest BCUT2D eigenvalue weighted by atomic mass is 9.82. The fourth-order valence-corrected chi connectivity index (χ4v) is 2.33. The zero-order valence-corrected chi connectivity index (χ0v) is 12.4. The Morgan fingerprint density at radius 2 is 2.10 bits per heavy atom. The van der Waals surface area contributed by atoms with E-state index in [-0.39, 0.29) is 6.54 Å². The lowest BCUT2D eigenvalue weighted by Gasteiger charge is -2.26. The molecule has 0 aliphatic carbocycles. The second-order valence-corrected chi connectivity index (χ2v) is 5.12. The van der Waals surface area contributed by atoms with Gasteiger partial charge in [-0.05, 0) is 41.8 Å². The fraction of sp³-hybridized carbons (Fsp3) is 0.500. The summed E-state index contributed by atoms with van der Waals surface area (Å²) in [6.45, 7) is 5.89. The number of aryl methyl sites for hydroxylation is 1. The summed E-state index contributed by atoms with van der Waals surface area (Å²) in [5.41, 5.74) is 0.753. The van der Waals surface area contributed by atoms with E-state index in [1.807, 2.05) is 32.9 Å². The van der Waals surface area contributed by atoms with E-state index in [2.05, 4.69) is 20.5 Å². The number of hydrogen-bond acceptors (Lipinski definition) is 5. The molecule has 2 aromatic rings. The number of aliphatic carboxylic acids is 1. The highest BCUT2D eigenvalue weighted by Crippen LogP contribution is 2.30. The molecular formula is C14H19N5O2. The van der Waals surface area contributed by atoms with Gasteiger partial charge in [0.05, 0.1) is 12.0 Å². The van der Waals surface area contributed by atoms with Crippen LogP contribution in [-0.4, -0.2) is 36.3 Å². The summed E-state index contributed by atoms with van der Waals surface area (Å²) in [7, 11) is 0. The molecule has 21 heavy (non-hydrogen) atoms. The first-order valence-electron chi connectivity index (χ1n) is 6.95. The summed E-state index contributed by atoms with van der Waals surface area (Å²) in [6, 6.07) is 3.76. The highest BCUT2D eigenvalue weighted by atomic mass is 16.4. The van der Waals surface area contributed by atoms with Crippen LogP contribution in [0.2, 0.25) is 0 Å². The summed E-state index contributed by atoms with van der Waals surface area (Å²) in [4.78, 5) is 15.9. The van der Waals surface area contributed by atoms with Gasteiger partial charge in [-0.25, -0.2) is 4.68 Å². The first-order valence-corrected chi connectivity index (χ1v) is 6.95. The van der Waals surface area contributed by atoms with Crippen LogP contribution in [0.5, 0.6) is 0 Å². The van der Waals surface area contributed by atoms with Crippen molar-refractivity contribution in [1.29, 1.82) is 0 Å². The summed E-state index contributed by atoms with van der Waals surface area (Å²) >= 11 is 0. The normalized spacial score (nSPS) is 11.6. The minimum atomic E-state index is -0.868. The number of pyridine rings is 1. The molecule has 2 heterocycles. The summed E-state index contributed by atoms with van der Waals surface area (Å²) in [5.74, 6) is -0.327. The Hall–Kier alpha value is -2.31. The van der Waals surface area contributed by atoms with Crippen molar-refractivity contribution in [3.8, 4) is 11.5 Å². The second kappa shape index (κ2) is 5.99. The Balaban J connectivity index is 2.42. The van der Waals surface area contributed by atoms with Crippen LogP contribution in [0.3, 0.4) is 0 Å². The molecule has 0 aromatic carbocycles. The maximum absolute atomic E-state index is 11.6. The maximum atomic E-state index is 11.6. The predicted molar refractivity (Wildman–Crippen MR) is 76.4 cm³/mol. The number of hydrogen-bond donors (Lipinski definition) is 1. The van der Waals surface area contributed by atoms with E-state index in [0.717, 1.165) is 5.56 Å². The van der Waals surface area contributed by atoms with Crippen LogP contribution >= 0.6 is 0 Å². The van der Waals surface area contributed by atoms with Crippen LogP contribution in [-0.2, 0) is 11.3 Å². The van der Waals surface area contributed by atoms with E-state index >= 15 is 0 Å². The molecule has 0 amide bonds. The van der Waals surface area contributed by atoms with Gasteiger partial charge in [-0.1, -0.05) is 19.9 Å². The molecule has 0 aliphatic rings. The number of tetrazole rings is 1. The molecule has 7 nitrogen and oxygen atoms in total. The molecule has 0 saturated heterocycles. The molecule has 0 unspecified atom stereocenters. The molecule has 1 N–H and O–H groups in total. The molecule has 2 rings (SSSR count). The van der Waals surface area contributed by atoms with Gasteiger partial charge in [0, 0.05) is 6.20 Å². The van der Waals surface area contributed by atoms with Crippen molar-refractivity contribution in [3.63, 3.8) is 0 Å². The fourth-order valence-electron chi connectivity index (χ4n) is 2.33. The Morgan fingerprint density at radius 1 is 1.38 bits per heavy atom. The van der Waals surface area contributed by atoms with Gasteiger partial charge in [-0.3, -0.25) is 9.78 Å². The minimum absolute atomic E-state index is 0.230. The van der Waals surface area contributed by atoms with Gasteiger partial charge in [0.25, 0.3) is 0 Å². The third kappa shape index (κ3) is 2.76. The van der Waals surface area contributed by atoms with Crippen LogP contribution < -0.4 is 0 Å². The Bertz CT molecular complexity index is 634. The standard InChI is InChI=1S/C14H19N5O2/c1-4-14(5-2,13(20)21)9-19-12(16-17-18-19)11-10(3)7-6-8-15-11/h6-8H,4-5,9H2,1-3H3,(H,20,21). The van der Waals surface area contributed by atoms with Crippen LogP contribution in [0, 0.1) is 12.3 Å². The van der Waals surface area contributed by atoms with Crippen molar-refractivity contribution in [1.82, 2.24) is 25.2 Å². The third-order valence-electron chi connectivity index (χ3n) is 4.01. The van der Waals surface area contributed by atoms with Gasteiger partial charge < -0.3 is 5.11 Å². The first kappa shape index (κ1) is 15.1. The van der Waals surface area contributed by atoms with Crippen LogP contribution in [0.15, 0.2) is 18.3 Å². The molecule has 0 spiro atoms. The van der Waals surface area contributed by atoms with Gasteiger partial charge >= 0.3 is 5.97 Å². The van der Waals surface area contributed by atoms with Crippen molar-refractivity contribution in [2.75, 3.05) is 0 Å². The number of carboxylic acid groups (broad SMARTS) is 1. The van der Waals surface area contributed by atoms with Gasteiger partial charge in [0.2, 0.25) is 5.82 Å². The van der Waals surface area contributed by atoms with Crippen molar-refractivity contribution < 1.29 is 9.90 Å². The molecule has 7 heteroatoms. The van der Waals surface area contributed by atoms with Crippen molar-refractivity contribution >= 4 is 5.97 Å². The molecule has 112 valence electrons. The van der Waals surface area contributed by atoms with E-state index in [4.69, 9.17) is 0 Å². The van der Waals surface area contributed by atoms with Crippen molar-refractivity contribution in [2.24, 2.45) is 5.41 Å². The lowest BCUT2D eigenvalue weighted by molar-refractivity contribution is -0.150. The smallest absolute Gasteiger partial charge is 0.311 e. The topological polar surface area (TPSA) is 93.8 Å². The average molecular weight is 289 g/mol. The van der Waals surface area contributed by atoms with Gasteiger partial charge in [0.1, 0.15) is 5.69 Å². The number of carbonyl (C=O) groups is 1. The zero-order chi connectivity index (χ0) is 15.5. The number of aromatic nitrogens is 5. The maximum Gasteiger partial charge on any atom is 0.311 e. The summed E-state index contributed by atoms with van der Waals surface area (Å²) in [5, 5.41) is 21.2. The quantitative estimate of drug-likeness (QED) is 0.873. The molecule has 2 aromatic heterocycles. The van der Waals surface area contributed by atoms with Gasteiger partial charge in [-0.2, -0.15) is 0 Å². The lowest BCUT2D eigenvalue weighted by Crippen LogP contribution is -2.35. The van der Waals surface area contributed by atoms with E-state index < -0.39 is 11.4 Å². The first-order chi connectivity index (χ1) is 10.0. The molecule has 0 fully saturated rings. The monoisotopic (exact) mass is 289 g/mol.